The summed E-state index contributed by atoms with van der Waals surface area (Å²) in [6.45, 7) is 2.67. The minimum atomic E-state index is 0.719. The molecule has 0 fully saturated rings. The van der Waals surface area contributed by atoms with Gasteiger partial charge in [0.05, 0.1) is 11.6 Å². The fourth-order valence-corrected chi connectivity index (χ4v) is 1.61. The summed E-state index contributed by atoms with van der Waals surface area (Å²) >= 11 is 0. The van der Waals surface area contributed by atoms with Crippen molar-refractivity contribution in [3.8, 4) is 6.07 Å². The molecule has 1 heterocycles. The molecule has 1 aromatic heterocycles. The number of nitrogens with one attached hydrogen (secondary N) is 1. The predicted molar refractivity (Wildman–Crippen MR) is 67.5 cm³/mol. The summed E-state index contributed by atoms with van der Waals surface area (Å²) in [6.07, 6.45) is 3.60. The van der Waals surface area contributed by atoms with Gasteiger partial charge in [0.15, 0.2) is 0 Å². The summed E-state index contributed by atoms with van der Waals surface area (Å²) in [5, 5.41) is 12.1. The van der Waals surface area contributed by atoms with Gasteiger partial charge in [0.2, 0.25) is 0 Å². The minimum absolute atomic E-state index is 0.719. The van der Waals surface area contributed by atoms with Gasteiger partial charge in [-0.2, -0.15) is 5.26 Å². The Labute approximate surface area is 101 Å². The van der Waals surface area contributed by atoms with Gasteiger partial charge in [0.25, 0.3) is 0 Å². The lowest BCUT2D eigenvalue weighted by atomic mass is 10.1. The normalized spacial score (nSPS) is 9.65. The van der Waals surface area contributed by atoms with Crippen LogP contribution < -0.4 is 5.32 Å². The maximum absolute atomic E-state index is 8.84. The molecular weight excluding hydrogens is 210 g/mol. The van der Waals surface area contributed by atoms with Crippen LogP contribution in [0.3, 0.4) is 0 Å². The molecule has 0 aliphatic carbocycles. The van der Waals surface area contributed by atoms with E-state index in [9.17, 15) is 0 Å². The lowest BCUT2D eigenvalue weighted by Crippen LogP contribution is -2.00. The highest BCUT2D eigenvalue weighted by atomic mass is 14.9. The lowest BCUT2D eigenvalue weighted by molar-refractivity contribution is 1.11. The highest BCUT2D eigenvalue weighted by Gasteiger charge is 1.99. The van der Waals surface area contributed by atoms with Crippen molar-refractivity contribution < 1.29 is 0 Å². The summed E-state index contributed by atoms with van der Waals surface area (Å²) in [5.41, 5.74) is 3.86. The largest absolute Gasteiger partial charge is 0.381 e. The van der Waals surface area contributed by atoms with E-state index in [0.29, 0.717) is 0 Å². The third-order valence-corrected chi connectivity index (χ3v) is 2.57. The Kier molecular flexibility index (Phi) is 3.37. The van der Waals surface area contributed by atoms with Gasteiger partial charge < -0.3 is 5.32 Å². The Morgan fingerprint density at radius 2 is 2.24 bits per heavy atom. The van der Waals surface area contributed by atoms with Crippen molar-refractivity contribution in [1.29, 1.82) is 5.26 Å². The Hall–Kier alpha value is -2.34. The number of anilines is 1. The highest BCUT2D eigenvalue weighted by Crippen LogP contribution is 2.15. The number of pyridine rings is 1. The van der Waals surface area contributed by atoms with Crippen LogP contribution in [0.25, 0.3) is 0 Å². The Morgan fingerprint density at radius 3 is 2.88 bits per heavy atom. The summed E-state index contributed by atoms with van der Waals surface area (Å²) in [6, 6.07) is 11.8. The quantitative estimate of drug-likeness (QED) is 0.870. The second kappa shape index (κ2) is 5.13. The Bertz CT molecular complexity index is 541. The molecule has 3 heteroatoms. The van der Waals surface area contributed by atoms with Gasteiger partial charge in [-0.3, -0.25) is 4.98 Å². The summed E-state index contributed by atoms with van der Waals surface area (Å²) in [4.78, 5) is 4.06. The maximum atomic E-state index is 8.84. The van der Waals surface area contributed by atoms with Crippen LogP contribution in [0, 0.1) is 18.3 Å². The molecule has 0 atom stereocenters. The monoisotopic (exact) mass is 223 g/mol. The van der Waals surface area contributed by atoms with E-state index in [-0.39, 0.29) is 0 Å². The summed E-state index contributed by atoms with van der Waals surface area (Å²) in [7, 11) is 0. The Morgan fingerprint density at radius 1 is 1.35 bits per heavy atom. The van der Waals surface area contributed by atoms with Crippen LogP contribution in [0.1, 0.15) is 16.7 Å². The summed E-state index contributed by atoms with van der Waals surface area (Å²) in [5.74, 6) is 0. The number of nitrogens with zero attached hydrogens (tertiary/aromatic N) is 2. The maximum Gasteiger partial charge on any atom is 0.0994 e. The van der Waals surface area contributed by atoms with Crippen molar-refractivity contribution in [3.63, 3.8) is 0 Å². The number of nitriles is 1. The molecule has 0 aliphatic heterocycles. The average Bonchev–Trinajstić information content (AvgIpc) is 2.38. The lowest BCUT2D eigenvalue weighted by Gasteiger charge is -2.07. The molecule has 1 N–H and O–H groups in total. The first-order valence-corrected chi connectivity index (χ1v) is 5.43. The molecule has 2 aromatic rings. The molecule has 84 valence electrons. The van der Waals surface area contributed by atoms with E-state index in [1.807, 2.05) is 43.5 Å². The molecule has 0 radical (unpaired) electrons. The molecule has 17 heavy (non-hydrogen) atoms. The van der Waals surface area contributed by atoms with Crippen molar-refractivity contribution in [2.75, 3.05) is 5.32 Å². The molecular formula is C14H13N3. The zero-order valence-corrected chi connectivity index (χ0v) is 9.64. The smallest absolute Gasteiger partial charge is 0.0994 e. The molecule has 0 saturated carbocycles. The van der Waals surface area contributed by atoms with Crippen LogP contribution in [0.15, 0.2) is 42.7 Å². The van der Waals surface area contributed by atoms with E-state index in [4.69, 9.17) is 5.26 Å². The van der Waals surface area contributed by atoms with Crippen LogP contribution >= 0.6 is 0 Å². The van der Waals surface area contributed by atoms with Crippen molar-refractivity contribution in [1.82, 2.24) is 4.98 Å². The zero-order chi connectivity index (χ0) is 12.1. The molecule has 0 amide bonds. The van der Waals surface area contributed by atoms with Crippen LogP contribution in [0.4, 0.5) is 5.69 Å². The van der Waals surface area contributed by atoms with Crippen molar-refractivity contribution in [2.45, 2.75) is 13.5 Å². The fourth-order valence-electron chi connectivity index (χ4n) is 1.61. The third-order valence-electron chi connectivity index (χ3n) is 2.57. The highest BCUT2D eigenvalue weighted by molar-refractivity contribution is 5.51. The predicted octanol–water partition coefficient (Wildman–Crippen LogP) is 2.87. The number of hydrogen-bond donors (Lipinski definition) is 1. The molecule has 0 spiro atoms. The third kappa shape index (κ3) is 2.82. The topological polar surface area (TPSA) is 48.7 Å². The minimum Gasteiger partial charge on any atom is -0.381 e. The average molecular weight is 223 g/mol. The first kappa shape index (κ1) is 11.2. The van der Waals surface area contributed by atoms with Crippen molar-refractivity contribution in [3.05, 3.63) is 59.4 Å². The van der Waals surface area contributed by atoms with Gasteiger partial charge in [-0.25, -0.2) is 0 Å². The number of hydrogen-bond acceptors (Lipinski definition) is 3. The number of aryl methyl sites for hydroxylation is 1. The second-order valence-corrected chi connectivity index (χ2v) is 3.86. The van der Waals surface area contributed by atoms with E-state index < -0.39 is 0 Å². The number of aromatic nitrogens is 1. The fraction of sp³-hybridized carbons (Fsp3) is 0.143. The number of benzene rings is 1. The summed E-state index contributed by atoms with van der Waals surface area (Å²) < 4.78 is 0. The van der Waals surface area contributed by atoms with E-state index in [1.54, 1.807) is 6.20 Å². The van der Waals surface area contributed by atoms with E-state index in [2.05, 4.69) is 16.4 Å². The first-order valence-electron chi connectivity index (χ1n) is 5.43. The van der Waals surface area contributed by atoms with Crippen LogP contribution in [0.2, 0.25) is 0 Å². The van der Waals surface area contributed by atoms with E-state index in [1.165, 1.54) is 0 Å². The molecule has 1 aromatic carbocycles. The van der Waals surface area contributed by atoms with Gasteiger partial charge in [-0.15, -0.1) is 0 Å². The van der Waals surface area contributed by atoms with Gasteiger partial charge >= 0.3 is 0 Å². The molecule has 0 aliphatic rings. The molecule has 0 bridgehead atoms. The second-order valence-electron chi connectivity index (χ2n) is 3.86. The SMILES string of the molecule is Cc1cc(NCc2cccnc2)ccc1C#N. The molecule has 2 rings (SSSR count). The van der Waals surface area contributed by atoms with Crippen molar-refractivity contribution >= 4 is 5.69 Å². The first-order chi connectivity index (χ1) is 8.29. The van der Waals surface area contributed by atoms with Crippen LogP contribution in [0.5, 0.6) is 0 Å². The van der Waals surface area contributed by atoms with Crippen molar-refractivity contribution in [2.24, 2.45) is 0 Å². The van der Waals surface area contributed by atoms with Gasteiger partial charge in [-0.05, 0) is 42.3 Å². The molecule has 0 unspecified atom stereocenters. The molecule has 3 nitrogen and oxygen atoms in total. The standard InChI is InChI=1S/C14H13N3/c1-11-7-14(5-4-13(11)8-15)17-10-12-3-2-6-16-9-12/h2-7,9,17H,10H2,1H3. The van der Waals surface area contributed by atoms with E-state index >= 15 is 0 Å². The van der Waals surface area contributed by atoms with Crippen LogP contribution in [-0.2, 0) is 6.54 Å². The van der Waals surface area contributed by atoms with E-state index in [0.717, 1.165) is 28.9 Å². The van der Waals surface area contributed by atoms with Gasteiger partial charge in [-0.1, -0.05) is 6.07 Å². The zero-order valence-electron chi connectivity index (χ0n) is 9.64. The van der Waals surface area contributed by atoms with Crippen LogP contribution in [-0.4, -0.2) is 4.98 Å². The molecule has 0 saturated heterocycles. The number of rotatable bonds is 3. The van der Waals surface area contributed by atoms with Gasteiger partial charge in [0.1, 0.15) is 0 Å². The Balaban J connectivity index is 2.06. The van der Waals surface area contributed by atoms with Gasteiger partial charge in [0, 0.05) is 24.6 Å².